The number of aryl methyl sites for hydroxylation is 1. The molecule has 3 N–H and O–H groups in total. The molecule has 5 unspecified atom stereocenters. The van der Waals surface area contributed by atoms with Gasteiger partial charge in [0, 0.05) is 56.5 Å². The molecule has 4 aliphatic heterocycles. The number of hydrogen-bond donors (Lipinski definition) is 3. The summed E-state index contributed by atoms with van der Waals surface area (Å²) >= 11 is 1.73. The number of thioether (sulfide) groups is 1. The first kappa shape index (κ1) is 20.1. The summed E-state index contributed by atoms with van der Waals surface area (Å²) in [5.41, 5.74) is 10.2. The van der Waals surface area contributed by atoms with E-state index in [0.29, 0.717) is 30.2 Å². The van der Waals surface area contributed by atoms with Crippen molar-refractivity contribution in [2.75, 3.05) is 26.0 Å². The molecule has 2 aromatic heterocycles. The van der Waals surface area contributed by atoms with Crippen LogP contribution in [0.25, 0.3) is 11.0 Å². The molecule has 31 heavy (non-hydrogen) atoms. The highest BCUT2D eigenvalue weighted by Crippen LogP contribution is 2.54. The van der Waals surface area contributed by atoms with E-state index in [1.54, 1.807) is 18.9 Å². The summed E-state index contributed by atoms with van der Waals surface area (Å²) in [5, 5.41) is 11.7. The first-order valence-electron chi connectivity index (χ1n) is 10.8. The van der Waals surface area contributed by atoms with Gasteiger partial charge in [-0.25, -0.2) is 10.4 Å². The summed E-state index contributed by atoms with van der Waals surface area (Å²) in [6, 6.07) is 2.86. The van der Waals surface area contributed by atoms with Crippen molar-refractivity contribution >= 4 is 33.6 Å². The van der Waals surface area contributed by atoms with Gasteiger partial charge in [0.25, 0.3) is 0 Å². The maximum atomic E-state index is 13.1. The summed E-state index contributed by atoms with van der Waals surface area (Å²) in [6.45, 7) is 1.47. The maximum absolute atomic E-state index is 13.1. The Kier molecular flexibility index (Phi) is 5.08. The molecule has 0 bridgehead atoms. The van der Waals surface area contributed by atoms with E-state index in [1.165, 1.54) is 5.56 Å². The zero-order valence-electron chi connectivity index (χ0n) is 17.6. The van der Waals surface area contributed by atoms with Crippen molar-refractivity contribution in [3.05, 3.63) is 34.0 Å². The van der Waals surface area contributed by atoms with Crippen LogP contribution in [0.5, 0.6) is 0 Å². The van der Waals surface area contributed by atoms with Crippen LogP contribution in [-0.4, -0.2) is 61.5 Å². The zero-order valence-corrected chi connectivity index (χ0v) is 19.2. The molecule has 0 aromatic carbocycles. The van der Waals surface area contributed by atoms with Crippen molar-refractivity contribution in [2.24, 2.45) is 18.9 Å². The molecule has 6 atom stereocenters. The number of fused-ring (bicyclic) bond motifs is 3. The van der Waals surface area contributed by atoms with Gasteiger partial charge in [0.05, 0.1) is 38.5 Å². The average Bonchev–Trinajstić information content (AvgIpc) is 3.48. The van der Waals surface area contributed by atoms with Gasteiger partial charge >= 0.3 is 0 Å². The molecular weight excluding hydrogens is 434 g/mol. The Labute approximate surface area is 187 Å². The van der Waals surface area contributed by atoms with Gasteiger partial charge < -0.3 is 10.2 Å². The van der Waals surface area contributed by atoms with Crippen LogP contribution in [0.1, 0.15) is 24.4 Å². The molecule has 3 saturated heterocycles. The SMILES string of the molecule is COCC[S@](=O)C1=C2NN3NCCC3C3CC(c4cnc5nn(C)cc5c4)NC(S1)C23. The highest BCUT2D eigenvalue weighted by Gasteiger charge is 2.54. The fourth-order valence-corrected chi connectivity index (χ4v) is 8.63. The standard InChI is InChI=1S/C20H27N7O2S2/c1-26-10-12-7-11(9-21-18(12)25-26)14-8-13-15-3-4-22-27(15)24-17-16(13)19(23-14)30-20(17)31(28)6-5-29-2/h7,9-10,13-16,19,22-24H,3-6,8H2,1-2H3/t13?,14?,15?,16?,19?,31-/m0/s1. The summed E-state index contributed by atoms with van der Waals surface area (Å²) in [5.74, 6) is 1.35. The number of methoxy groups -OCH3 is 1. The van der Waals surface area contributed by atoms with Crippen LogP contribution in [0.15, 0.2) is 28.4 Å². The van der Waals surface area contributed by atoms with E-state index in [0.717, 1.165) is 40.4 Å². The summed E-state index contributed by atoms with van der Waals surface area (Å²) < 4.78 is 21.0. The lowest BCUT2D eigenvalue weighted by Crippen LogP contribution is -2.61. The van der Waals surface area contributed by atoms with E-state index < -0.39 is 10.8 Å². The molecular formula is C20H27N7O2S2. The number of nitrogens with one attached hydrogen (secondary N) is 3. The molecule has 166 valence electrons. The number of aromatic nitrogens is 3. The molecule has 11 heteroatoms. The van der Waals surface area contributed by atoms with E-state index in [1.807, 2.05) is 24.1 Å². The van der Waals surface area contributed by atoms with Gasteiger partial charge in [-0.05, 0) is 30.4 Å². The van der Waals surface area contributed by atoms with Crippen LogP contribution in [0.2, 0.25) is 0 Å². The lowest BCUT2D eigenvalue weighted by molar-refractivity contribution is 0.00560. The number of piperidine rings is 1. The molecule has 9 nitrogen and oxygen atoms in total. The third-order valence-corrected chi connectivity index (χ3v) is 9.95. The van der Waals surface area contributed by atoms with Gasteiger partial charge in [0.2, 0.25) is 0 Å². The van der Waals surface area contributed by atoms with E-state index in [2.05, 4.69) is 37.4 Å². The van der Waals surface area contributed by atoms with Crippen LogP contribution in [0, 0.1) is 11.8 Å². The van der Waals surface area contributed by atoms with Crippen LogP contribution >= 0.6 is 11.8 Å². The number of rotatable bonds is 5. The van der Waals surface area contributed by atoms with Crippen molar-refractivity contribution < 1.29 is 8.95 Å². The van der Waals surface area contributed by atoms with Crippen LogP contribution in [-0.2, 0) is 22.6 Å². The van der Waals surface area contributed by atoms with Gasteiger partial charge in [-0.1, -0.05) is 11.8 Å². The lowest BCUT2D eigenvalue weighted by atomic mass is 9.74. The fourth-order valence-electron chi connectivity index (χ4n) is 5.46. The van der Waals surface area contributed by atoms with E-state index in [9.17, 15) is 4.21 Å². The van der Waals surface area contributed by atoms with E-state index in [-0.39, 0.29) is 11.4 Å². The lowest BCUT2D eigenvalue weighted by Gasteiger charge is -2.48. The third kappa shape index (κ3) is 3.33. The molecule has 0 amide bonds. The highest BCUT2D eigenvalue weighted by molar-refractivity contribution is 8.17. The number of ether oxygens (including phenoxy) is 1. The minimum absolute atomic E-state index is 0.208. The number of hydrazine groups is 2. The summed E-state index contributed by atoms with van der Waals surface area (Å²) in [6.07, 6.45) is 6.13. The van der Waals surface area contributed by atoms with Crippen LogP contribution < -0.4 is 16.2 Å². The van der Waals surface area contributed by atoms with Gasteiger partial charge in [-0.2, -0.15) is 10.2 Å². The van der Waals surface area contributed by atoms with Gasteiger partial charge in [-0.3, -0.25) is 14.2 Å². The number of pyridine rings is 1. The van der Waals surface area contributed by atoms with Crippen molar-refractivity contribution in [2.45, 2.75) is 30.3 Å². The van der Waals surface area contributed by atoms with Crippen molar-refractivity contribution in [1.82, 2.24) is 36.1 Å². The Hall–Kier alpha value is -1.50. The van der Waals surface area contributed by atoms with Gasteiger partial charge in [-0.15, -0.1) is 0 Å². The van der Waals surface area contributed by atoms with Crippen molar-refractivity contribution in [3.8, 4) is 0 Å². The number of hydrogen-bond acceptors (Lipinski definition) is 9. The van der Waals surface area contributed by atoms with E-state index >= 15 is 0 Å². The van der Waals surface area contributed by atoms with Crippen LogP contribution in [0.4, 0.5) is 0 Å². The highest BCUT2D eigenvalue weighted by atomic mass is 32.2. The second-order valence-corrected chi connectivity index (χ2v) is 11.6. The second-order valence-electron chi connectivity index (χ2n) is 8.66. The second kappa shape index (κ2) is 7.82. The Bertz CT molecular complexity index is 1070. The smallest absolute Gasteiger partial charge is 0.181 e. The minimum Gasteiger partial charge on any atom is -0.384 e. The molecule has 4 aliphatic rings. The Balaban J connectivity index is 1.33. The number of nitrogens with zero attached hydrogens (tertiary/aromatic N) is 4. The summed E-state index contributed by atoms with van der Waals surface area (Å²) in [4.78, 5) is 4.60. The molecule has 0 radical (unpaired) electrons. The van der Waals surface area contributed by atoms with Gasteiger partial charge in [0.15, 0.2) is 5.65 Å². The first-order valence-corrected chi connectivity index (χ1v) is 12.9. The van der Waals surface area contributed by atoms with Crippen molar-refractivity contribution in [3.63, 3.8) is 0 Å². The average molecular weight is 462 g/mol. The predicted octanol–water partition coefficient (Wildman–Crippen LogP) is 0.969. The Morgan fingerprint density at radius 2 is 2.32 bits per heavy atom. The fraction of sp³-hybridized carbons (Fsp3) is 0.600. The molecule has 6 heterocycles. The molecule has 2 aromatic rings. The van der Waals surface area contributed by atoms with Crippen molar-refractivity contribution in [1.29, 1.82) is 0 Å². The predicted molar refractivity (Wildman–Crippen MR) is 121 cm³/mol. The quantitative estimate of drug-likeness (QED) is 0.602. The minimum atomic E-state index is -1.07. The molecule has 6 rings (SSSR count). The molecule has 0 spiro atoms. The maximum Gasteiger partial charge on any atom is 0.181 e. The normalized spacial score (nSPS) is 33.4. The van der Waals surface area contributed by atoms with Gasteiger partial charge in [0.1, 0.15) is 0 Å². The zero-order chi connectivity index (χ0) is 21.1. The third-order valence-electron chi connectivity index (χ3n) is 6.81. The van der Waals surface area contributed by atoms with E-state index in [4.69, 9.17) is 4.74 Å². The molecule has 3 fully saturated rings. The molecule has 0 saturated carbocycles. The van der Waals surface area contributed by atoms with Crippen LogP contribution in [0.3, 0.4) is 0 Å². The monoisotopic (exact) mass is 461 g/mol. The summed E-state index contributed by atoms with van der Waals surface area (Å²) in [7, 11) is 2.52. The Morgan fingerprint density at radius 3 is 3.19 bits per heavy atom. The largest absolute Gasteiger partial charge is 0.384 e. The first-order chi connectivity index (χ1) is 15.1. The molecule has 0 aliphatic carbocycles. The Morgan fingerprint density at radius 1 is 1.42 bits per heavy atom. The topological polar surface area (TPSA) is 96.3 Å².